The predicted octanol–water partition coefficient (Wildman–Crippen LogP) is 3.86. The zero-order chi connectivity index (χ0) is 22.0. The Bertz CT molecular complexity index is 998. The van der Waals surface area contributed by atoms with Gasteiger partial charge in [0.25, 0.3) is 0 Å². The number of hydrogen-bond donors (Lipinski definition) is 0. The second-order valence-corrected chi connectivity index (χ2v) is 7.78. The van der Waals surface area contributed by atoms with Crippen LogP contribution in [0.4, 0.5) is 0 Å². The molecule has 1 aromatic heterocycles. The van der Waals surface area contributed by atoms with Crippen molar-refractivity contribution in [2.75, 3.05) is 13.2 Å². The number of pyridine rings is 1. The van der Waals surface area contributed by atoms with Crippen LogP contribution in [0.2, 0.25) is 5.02 Å². The normalized spacial score (nSPS) is 20.6. The van der Waals surface area contributed by atoms with Crippen LogP contribution in [-0.4, -0.2) is 40.1 Å². The van der Waals surface area contributed by atoms with Crippen LogP contribution < -0.4 is 4.74 Å². The number of fused-ring (bicyclic) bond motifs is 1. The molecular weight excluding hydrogens is 424 g/mol. The van der Waals surface area contributed by atoms with Gasteiger partial charge in [-0.2, -0.15) is 0 Å². The van der Waals surface area contributed by atoms with E-state index in [1.165, 1.54) is 5.01 Å². The highest BCUT2D eigenvalue weighted by molar-refractivity contribution is 6.30. The van der Waals surface area contributed by atoms with Gasteiger partial charge in [-0.3, -0.25) is 4.98 Å². The Balaban J connectivity index is 1.57. The molecule has 1 aromatic carbocycles. The monoisotopic (exact) mass is 446 g/mol. The van der Waals surface area contributed by atoms with E-state index in [1.54, 1.807) is 32.2 Å². The third-order valence-corrected chi connectivity index (χ3v) is 5.63. The Hall–Kier alpha value is -2.91. The summed E-state index contributed by atoms with van der Waals surface area (Å²) in [6, 6.07) is 6.66. The van der Waals surface area contributed by atoms with Crippen molar-refractivity contribution in [2.45, 2.75) is 45.4 Å². The first-order valence-electron chi connectivity index (χ1n) is 10.1. The van der Waals surface area contributed by atoms with E-state index in [2.05, 4.69) is 10.3 Å². The second kappa shape index (κ2) is 9.07. The zero-order valence-electron chi connectivity index (χ0n) is 17.3. The Kier molecular flexibility index (Phi) is 6.24. The molecule has 0 spiro atoms. The van der Waals surface area contributed by atoms with Gasteiger partial charge < -0.3 is 19.5 Å². The minimum Gasteiger partial charge on any atom is -0.569 e. The molecule has 31 heavy (non-hydrogen) atoms. The van der Waals surface area contributed by atoms with Crippen molar-refractivity contribution in [1.82, 2.24) is 9.99 Å². The van der Waals surface area contributed by atoms with E-state index in [-0.39, 0.29) is 19.3 Å². The number of hydrazine groups is 1. The van der Waals surface area contributed by atoms with Crippen molar-refractivity contribution in [3.63, 3.8) is 0 Å². The van der Waals surface area contributed by atoms with Gasteiger partial charge in [-0.05, 0) is 44.4 Å². The summed E-state index contributed by atoms with van der Waals surface area (Å²) < 4.78 is 11.7. The third kappa shape index (κ3) is 4.28. The molecule has 0 radical (unpaired) electrons. The molecule has 0 bridgehead atoms. The molecule has 0 saturated carbocycles. The maximum absolute atomic E-state index is 12.9. The molecule has 1 fully saturated rings. The van der Waals surface area contributed by atoms with Crippen LogP contribution in [0.25, 0.3) is 0 Å². The summed E-state index contributed by atoms with van der Waals surface area (Å²) >= 11 is 5.99. The molecule has 0 unspecified atom stereocenters. The van der Waals surface area contributed by atoms with Gasteiger partial charge in [0, 0.05) is 22.3 Å². The molecular formula is C21H23ClN4O5. The summed E-state index contributed by atoms with van der Waals surface area (Å²) in [6.45, 7) is 4.44. The minimum atomic E-state index is -0.744. The fourth-order valence-electron chi connectivity index (χ4n) is 3.85. The number of hydrogen-bond acceptors (Lipinski definition) is 7. The Morgan fingerprint density at radius 3 is 2.94 bits per heavy atom. The Morgan fingerprint density at radius 1 is 1.42 bits per heavy atom. The number of nitrogens with zero attached hydrogens (tertiary/aromatic N) is 4. The lowest BCUT2D eigenvalue weighted by atomic mass is 10.0. The van der Waals surface area contributed by atoms with Crippen molar-refractivity contribution in [1.29, 1.82) is 0 Å². The summed E-state index contributed by atoms with van der Waals surface area (Å²) in [5.41, 5.74) is 3.14. The maximum Gasteiger partial charge on any atom is 0.340 e. The molecule has 0 aliphatic carbocycles. The molecule has 10 heteroatoms. The number of esters is 1. The van der Waals surface area contributed by atoms with Gasteiger partial charge in [0.2, 0.25) is 5.28 Å². The first-order chi connectivity index (χ1) is 15.0. The van der Waals surface area contributed by atoms with Crippen LogP contribution in [0.15, 0.2) is 35.7 Å². The Labute approximate surface area is 184 Å². The summed E-state index contributed by atoms with van der Waals surface area (Å²) in [5.74, 6) is -0.150. The third-order valence-electron chi connectivity index (χ3n) is 5.37. The summed E-state index contributed by atoms with van der Waals surface area (Å²) in [5, 5.41) is 17.5. The number of aryl methyl sites for hydroxylation is 1. The SMILES string of the molecule is CCON=[N+]([O-])N1CCC[C@H]1C(=O)Oc1c(C)ncc2c1CO[C@H]2c1ccc(Cl)cc1. The molecule has 164 valence electrons. The molecule has 4 rings (SSSR count). The van der Waals surface area contributed by atoms with Crippen molar-refractivity contribution in [3.8, 4) is 5.75 Å². The largest absolute Gasteiger partial charge is 0.569 e. The van der Waals surface area contributed by atoms with Crippen molar-refractivity contribution < 1.29 is 24.1 Å². The lowest BCUT2D eigenvalue weighted by Crippen LogP contribution is -2.42. The van der Waals surface area contributed by atoms with Gasteiger partial charge in [-0.25, -0.2) is 4.79 Å². The first-order valence-corrected chi connectivity index (χ1v) is 10.5. The molecule has 2 atom stereocenters. The van der Waals surface area contributed by atoms with E-state index in [1.807, 2.05) is 12.1 Å². The van der Waals surface area contributed by atoms with Crippen LogP contribution in [0.3, 0.4) is 0 Å². The molecule has 2 aliphatic heterocycles. The number of aromatic nitrogens is 1. The molecule has 1 saturated heterocycles. The van der Waals surface area contributed by atoms with Crippen LogP contribution >= 0.6 is 11.6 Å². The van der Waals surface area contributed by atoms with Gasteiger partial charge in [-0.1, -0.05) is 23.7 Å². The van der Waals surface area contributed by atoms with E-state index in [0.29, 0.717) is 40.8 Å². The highest BCUT2D eigenvalue weighted by Crippen LogP contribution is 2.41. The summed E-state index contributed by atoms with van der Waals surface area (Å²) in [6.07, 6.45) is 2.59. The van der Waals surface area contributed by atoms with Crippen molar-refractivity contribution in [3.05, 3.63) is 63.1 Å². The number of benzene rings is 1. The highest BCUT2D eigenvalue weighted by Gasteiger charge is 2.40. The number of rotatable bonds is 6. The highest BCUT2D eigenvalue weighted by atomic mass is 35.5. The average Bonchev–Trinajstić information content (AvgIpc) is 3.42. The summed E-state index contributed by atoms with van der Waals surface area (Å²) in [7, 11) is 0. The number of carbonyl (C=O) groups is 1. The van der Waals surface area contributed by atoms with E-state index < -0.39 is 12.0 Å². The van der Waals surface area contributed by atoms with E-state index >= 15 is 0 Å². The smallest absolute Gasteiger partial charge is 0.340 e. The number of ether oxygens (including phenoxy) is 2. The quantitative estimate of drug-likeness (QED) is 0.287. The van der Waals surface area contributed by atoms with Crippen molar-refractivity contribution in [2.24, 2.45) is 5.28 Å². The lowest BCUT2D eigenvalue weighted by Gasteiger charge is -2.20. The topological polar surface area (TPSA) is 99.3 Å². The average molecular weight is 447 g/mol. The fraction of sp³-hybridized carbons (Fsp3) is 0.429. The van der Waals surface area contributed by atoms with Gasteiger partial charge >= 0.3 is 5.97 Å². The fourth-order valence-corrected chi connectivity index (χ4v) is 3.98. The van der Waals surface area contributed by atoms with Gasteiger partial charge in [0.15, 0.2) is 11.8 Å². The van der Waals surface area contributed by atoms with Gasteiger partial charge in [0.05, 0.1) is 23.8 Å². The molecule has 2 aliphatic rings. The number of carbonyl (C=O) groups excluding carboxylic acids is 1. The van der Waals surface area contributed by atoms with E-state index in [9.17, 15) is 10.0 Å². The maximum atomic E-state index is 12.9. The van der Waals surface area contributed by atoms with Crippen LogP contribution in [0.1, 0.15) is 48.3 Å². The van der Waals surface area contributed by atoms with Crippen LogP contribution in [0, 0.1) is 12.1 Å². The standard InChI is InChI=1S/C21H23ClN4O5/c1-3-30-24-26(28)25-10-4-5-18(25)21(27)31-19-13(2)23-11-16-17(19)12-29-20(16)14-6-8-15(22)9-7-14/h6-9,11,18,20H,3-5,10,12H2,1-2H3/t18-,20-/m0/s1. The molecule has 2 aromatic rings. The zero-order valence-corrected chi connectivity index (χ0v) is 18.0. The summed E-state index contributed by atoms with van der Waals surface area (Å²) in [4.78, 5) is 22.5. The minimum absolute atomic E-state index is 0.261. The molecule has 3 heterocycles. The van der Waals surface area contributed by atoms with Crippen molar-refractivity contribution >= 4 is 17.6 Å². The van der Waals surface area contributed by atoms with E-state index in [0.717, 1.165) is 16.7 Å². The van der Waals surface area contributed by atoms with Gasteiger partial charge in [-0.15, -0.1) is 5.01 Å². The molecule has 0 amide bonds. The van der Waals surface area contributed by atoms with Crippen LogP contribution in [-0.2, 0) is 21.0 Å². The van der Waals surface area contributed by atoms with Crippen LogP contribution in [0.5, 0.6) is 5.75 Å². The first kappa shape index (κ1) is 21.3. The Morgan fingerprint density at radius 2 is 2.19 bits per heavy atom. The second-order valence-electron chi connectivity index (χ2n) is 7.34. The number of halogens is 1. The van der Waals surface area contributed by atoms with Gasteiger partial charge in [0.1, 0.15) is 12.7 Å². The molecule has 0 N–H and O–H groups in total. The predicted molar refractivity (Wildman–Crippen MR) is 110 cm³/mol. The van der Waals surface area contributed by atoms with E-state index in [4.69, 9.17) is 25.9 Å². The molecule has 9 nitrogen and oxygen atoms in total. The lowest BCUT2D eigenvalue weighted by molar-refractivity contribution is -0.711.